The third-order valence-corrected chi connectivity index (χ3v) is 5.57. The van der Waals surface area contributed by atoms with Gasteiger partial charge in [-0.2, -0.15) is 0 Å². The van der Waals surface area contributed by atoms with E-state index in [4.69, 9.17) is 0 Å². The number of imide groups is 1. The van der Waals surface area contributed by atoms with E-state index in [0.717, 1.165) is 33.4 Å². The highest BCUT2D eigenvalue weighted by molar-refractivity contribution is 8.18. The quantitative estimate of drug-likeness (QED) is 0.639. The van der Waals surface area contributed by atoms with Gasteiger partial charge in [0.05, 0.1) is 11.5 Å². The zero-order chi connectivity index (χ0) is 22.2. The van der Waals surface area contributed by atoms with Crippen molar-refractivity contribution in [3.05, 3.63) is 88.3 Å². The number of nitrogens with zero attached hydrogens (tertiary/aromatic N) is 2. The van der Waals surface area contributed by atoms with Crippen LogP contribution in [0, 0.1) is 0 Å². The Kier molecular flexibility index (Phi) is 7.81. The van der Waals surface area contributed by atoms with Gasteiger partial charge in [0.25, 0.3) is 11.1 Å². The SMILES string of the molecule is CC(/C=C1\SC(=O)N(CC(=O)N(CCO)Cc2ccccc2)C1=O)=C\c1ccccc1. The highest BCUT2D eigenvalue weighted by Crippen LogP contribution is 2.31. The summed E-state index contributed by atoms with van der Waals surface area (Å²) in [5, 5.41) is 8.86. The van der Waals surface area contributed by atoms with Crippen LogP contribution >= 0.6 is 11.8 Å². The number of hydrogen-bond donors (Lipinski definition) is 1. The van der Waals surface area contributed by atoms with Crippen LogP contribution in [0.15, 0.2) is 77.2 Å². The summed E-state index contributed by atoms with van der Waals surface area (Å²) in [6.45, 7) is 1.72. The minimum Gasteiger partial charge on any atom is -0.395 e. The maximum atomic E-state index is 12.8. The number of amides is 3. The number of carbonyl (C=O) groups excluding carboxylic acids is 3. The van der Waals surface area contributed by atoms with Crippen LogP contribution < -0.4 is 0 Å². The van der Waals surface area contributed by atoms with Crippen LogP contribution in [0.3, 0.4) is 0 Å². The maximum Gasteiger partial charge on any atom is 0.294 e. The molecule has 7 heteroatoms. The molecule has 1 saturated heterocycles. The molecule has 0 bridgehead atoms. The first-order valence-electron chi connectivity index (χ1n) is 9.89. The minimum atomic E-state index is -0.479. The molecular weight excluding hydrogens is 412 g/mol. The van der Waals surface area contributed by atoms with Gasteiger partial charge in [0.1, 0.15) is 6.54 Å². The average Bonchev–Trinajstić information content (AvgIpc) is 3.02. The lowest BCUT2D eigenvalue weighted by molar-refractivity contribution is -0.136. The van der Waals surface area contributed by atoms with Gasteiger partial charge < -0.3 is 10.0 Å². The van der Waals surface area contributed by atoms with E-state index < -0.39 is 17.1 Å². The van der Waals surface area contributed by atoms with Gasteiger partial charge in [-0.15, -0.1) is 0 Å². The molecule has 1 aliphatic heterocycles. The Hall–Kier alpha value is -3.16. The number of aliphatic hydroxyl groups excluding tert-OH is 1. The second-order valence-corrected chi connectivity index (χ2v) is 8.08. The molecule has 0 aliphatic carbocycles. The van der Waals surface area contributed by atoms with Crippen molar-refractivity contribution >= 4 is 34.9 Å². The summed E-state index contributed by atoms with van der Waals surface area (Å²) in [7, 11) is 0. The lowest BCUT2D eigenvalue weighted by atomic mass is 10.1. The van der Waals surface area contributed by atoms with Crippen molar-refractivity contribution in [1.29, 1.82) is 0 Å². The first-order valence-corrected chi connectivity index (χ1v) is 10.7. The molecule has 0 spiro atoms. The Bertz CT molecular complexity index is 1000. The summed E-state index contributed by atoms with van der Waals surface area (Å²) in [6, 6.07) is 19.0. The number of rotatable bonds is 8. The van der Waals surface area contributed by atoms with Crippen LogP contribution in [0.5, 0.6) is 0 Å². The van der Waals surface area contributed by atoms with E-state index in [2.05, 4.69) is 0 Å². The third kappa shape index (κ3) is 6.16. The fraction of sp³-hybridized carbons (Fsp3) is 0.208. The molecule has 3 amide bonds. The van der Waals surface area contributed by atoms with Gasteiger partial charge in [-0.25, -0.2) is 0 Å². The zero-order valence-electron chi connectivity index (χ0n) is 17.2. The van der Waals surface area contributed by atoms with Crippen LogP contribution in [-0.4, -0.2) is 51.7 Å². The summed E-state index contributed by atoms with van der Waals surface area (Å²) < 4.78 is 0. The Morgan fingerprint density at radius 1 is 1.06 bits per heavy atom. The molecule has 0 radical (unpaired) electrons. The van der Waals surface area contributed by atoms with E-state index in [0.29, 0.717) is 11.4 Å². The van der Waals surface area contributed by atoms with Crippen molar-refractivity contribution in [3.8, 4) is 0 Å². The molecule has 2 aromatic rings. The fourth-order valence-electron chi connectivity index (χ4n) is 3.15. The first kappa shape index (κ1) is 22.5. The smallest absolute Gasteiger partial charge is 0.294 e. The molecule has 1 heterocycles. The van der Waals surface area contributed by atoms with Crippen molar-refractivity contribution in [2.45, 2.75) is 13.5 Å². The maximum absolute atomic E-state index is 12.8. The van der Waals surface area contributed by atoms with Crippen molar-refractivity contribution in [2.75, 3.05) is 19.7 Å². The topological polar surface area (TPSA) is 77.9 Å². The lowest BCUT2D eigenvalue weighted by Crippen LogP contribution is -2.42. The second-order valence-electron chi connectivity index (χ2n) is 7.09. The summed E-state index contributed by atoms with van der Waals surface area (Å²) in [5.41, 5.74) is 2.72. The van der Waals surface area contributed by atoms with E-state index in [-0.39, 0.29) is 19.7 Å². The van der Waals surface area contributed by atoms with Gasteiger partial charge in [-0.05, 0) is 41.5 Å². The van der Waals surface area contributed by atoms with Gasteiger partial charge in [0.2, 0.25) is 5.91 Å². The van der Waals surface area contributed by atoms with E-state index in [1.807, 2.05) is 73.7 Å². The Morgan fingerprint density at radius 2 is 1.71 bits per heavy atom. The summed E-state index contributed by atoms with van der Waals surface area (Å²) in [5.74, 6) is -0.870. The second kappa shape index (κ2) is 10.7. The fourth-order valence-corrected chi connectivity index (χ4v) is 4.04. The number of thioether (sulfide) groups is 1. The van der Waals surface area contributed by atoms with Crippen LogP contribution in [-0.2, 0) is 16.1 Å². The van der Waals surface area contributed by atoms with Crippen LogP contribution in [0.25, 0.3) is 6.08 Å². The van der Waals surface area contributed by atoms with Crippen molar-refractivity contribution < 1.29 is 19.5 Å². The molecule has 160 valence electrons. The van der Waals surface area contributed by atoms with Gasteiger partial charge >= 0.3 is 0 Å². The summed E-state index contributed by atoms with van der Waals surface area (Å²) >= 11 is 0.829. The van der Waals surface area contributed by atoms with Crippen LogP contribution in [0.4, 0.5) is 4.79 Å². The highest BCUT2D eigenvalue weighted by Gasteiger charge is 2.37. The number of allylic oxidation sites excluding steroid dienone is 2. The number of hydrogen-bond acceptors (Lipinski definition) is 5. The van der Waals surface area contributed by atoms with Crippen LogP contribution in [0.1, 0.15) is 18.1 Å². The number of benzene rings is 2. The van der Waals surface area contributed by atoms with Crippen molar-refractivity contribution in [3.63, 3.8) is 0 Å². The highest BCUT2D eigenvalue weighted by atomic mass is 32.2. The van der Waals surface area contributed by atoms with Crippen LogP contribution in [0.2, 0.25) is 0 Å². The third-order valence-electron chi connectivity index (χ3n) is 4.66. The van der Waals surface area contributed by atoms with Gasteiger partial charge in [0, 0.05) is 13.1 Å². The minimum absolute atomic E-state index is 0.124. The Balaban J connectivity index is 1.69. The molecule has 1 fully saturated rings. The van der Waals surface area contributed by atoms with E-state index in [9.17, 15) is 19.5 Å². The molecule has 6 nitrogen and oxygen atoms in total. The first-order chi connectivity index (χ1) is 15.0. The van der Waals surface area contributed by atoms with Gasteiger partial charge in [-0.3, -0.25) is 19.3 Å². The standard InChI is InChI=1S/C24H24N2O4S/c1-18(14-19-8-4-2-5-9-19)15-21-23(29)26(24(30)31-21)17-22(28)25(12-13-27)16-20-10-6-3-7-11-20/h2-11,14-15,27H,12-13,16-17H2,1H3/b18-14+,21-15-. The van der Waals surface area contributed by atoms with Crippen molar-refractivity contribution in [2.24, 2.45) is 0 Å². The van der Waals surface area contributed by atoms with Crippen molar-refractivity contribution in [1.82, 2.24) is 9.80 Å². The lowest BCUT2D eigenvalue weighted by Gasteiger charge is -2.24. The predicted molar refractivity (Wildman–Crippen MR) is 122 cm³/mol. The summed E-state index contributed by atoms with van der Waals surface area (Å²) in [6.07, 6.45) is 3.58. The summed E-state index contributed by atoms with van der Waals surface area (Å²) in [4.78, 5) is 40.6. The van der Waals surface area contributed by atoms with E-state index >= 15 is 0 Å². The molecule has 0 aromatic heterocycles. The van der Waals surface area contributed by atoms with Gasteiger partial charge in [0.15, 0.2) is 0 Å². The molecule has 1 N–H and O–H groups in total. The molecule has 0 unspecified atom stereocenters. The molecule has 3 rings (SSSR count). The molecule has 2 aromatic carbocycles. The monoisotopic (exact) mass is 436 g/mol. The average molecular weight is 437 g/mol. The molecule has 0 atom stereocenters. The zero-order valence-corrected chi connectivity index (χ0v) is 18.0. The normalized spacial score (nSPS) is 15.6. The van der Waals surface area contributed by atoms with Gasteiger partial charge in [-0.1, -0.05) is 66.7 Å². The number of carbonyl (C=O) groups is 3. The predicted octanol–water partition coefficient (Wildman–Crippen LogP) is 3.69. The Morgan fingerprint density at radius 3 is 2.35 bits per heavy atom. The van der Waals surface area contributed by atoms with E-state index in [1.165, 1.54) is 4.90 Å². The largest absolute Gasteiger partial charge is 0.395 e. The molecule has 31 heavy (non-hydrogen) atoms. The molecule has 1 aliphatic rings. The molecule has 0 saturated carbocycles. The van der Waals surface area contributed by atoms with E-state index in [1.54, 1.807) is 6.08 Å². The number of aliphatic hydroxyl groups is 1. The molecular formula is C24H24N2O4S. The Labute approximate surface area is 185 Å².